The summed E-state index contributed by atoms with van der Waals surface area (Å²) in [6.45, 7) is 9.97. The first kappa shape index (κ1) is 15.2. The van der Waals surface area contributed by atoms with Crippen molar-refractivity contribution in [2.75, 3.05) is 13.1 Å². The second-order valence-corrected chi connectivity index (χ2v) is 6.41. The molecule has 22 heavy (non-hydrogen) atoms. The van der Waals surface area contributed by atoms with Crippen molar-refractivity contribution in [2.45, 2.75) is 52.1 Å². The van der Waals surface area contributed by atoms with Crippen molar-refractivity contribution >= 4 is 0 Å². The van der Waals surface area contributed by atoms with Gasteiger partial charge in [-0.3, -0.25) is 9.67 Å². The highest BCUT2D eigenvalue weighted by Crippen LogP contribution is 2.30. The molecular formula is C18H26N4. The zero-order valence-corrected chi connectivity index (χ0v) is 13.9. The van der Waals surface area contributed by atoms with Gasteiger partial charge in [0.05, 0.1) is 11.4 Å². The van der Waals surface area contributed by atoms with Gasteiger partial charge in [0, 0.05) is 25.0 Å². The predicted molar refractivity (Wildman–Crippen MR) is 89.8 cm³/mol. The van der Waals surface area contributed by atoms with Gasteiger partial charge < -0.3 is 4.90 Å². The summed E-state index contributed by atoms with van der Waals surface area (Å²) in [7, 11) is 0. The van der Waals surface area contributed by atoms with Crippen LogP contribution in [0.3, 0.4) is 0 Å². The fourth-order valence-electron chi connectivity index (χ4n) is 3.39. The number of piperidine rings is 1. The molecule has 0 radical (unpaired) electrons. The maximum absolute atomic E-state index is 4.56. The minimum absolute atomic E-state index is 0.660. The summed E-state index contributed by atoms with van der Waals surface area (Å²) < 4.78 is 2.01. The first-order chi connectivity index (χ1) is 10.7. The number of likely N-dealkylation sites (tertiary alicyclic amines) is 1. The van der Waals surface area contributed by atoms with Crippen LogP contribution in [0.25, 0.3) is 11.4 Å². The maximum Gasteiger partial charge on any atom is 0.0885 e. The van der Waals surface area contributed by atoms with Gasteiger partial charge in [-0.05, 0) is 76.4 Å². The van der Waals surface area contributed by atoms with Crippen molar-refractivity contribution in [3.8, 4) is 11.4 Å². The van der Waals surface area contributed by atoms with Gasteiger partial charge in [0.1, 0.15) is 0 Å². The van der Waals surface area contributed by atoms with Crippen LogP contribution in [0.15, 0.2) is 30.6 Å². The molecule has 3 rings (SSSR count). The highest BCUT2D eigenvalue weighted by atomic mass is 15.3. The van der Waals surface area contributed by atoms with E-state index in [1.54, 1.807) is 0 Å². The van der Waals surface area contributed by atoms with Crippen molar-refractivity contribution in [3.63, 3.8) is 0 Å². The summed E-state index contributed by atoms with van der Waals surface area (Å²) in [6, 6.07) is 7.16. The van der Waals surface area contributed by atoms with Gasteiger partial charge in [-0.1, -0.05) is 0 Å². The van der Waals surface area contributed by atoms with Crippen LogP contribution in [0.5, 0.6) is 0 Å². The van der Waals surface area contributed by atoms with Crippen molar-refractivity contribution in [1.29, 1.82) is 0 Å². The summed E-state index contributed by atoms with van der Waals surface area (Å²) >= 11 is 0. The van der Waals surface area contributed by atoms with Gasteiger partial charge in [-0.15, -0.1) is 0 Å². The molecule has 0 unspecified atom stereocenters. The molecule has 1 aliphatic heterocycles. The van der Waals surface area contributed by atoms with E-state index in [0.717, 1.165) is 17.9 Å². The van der Waals surface area contributed by atoms with Crippen LogP contribution in [0.1, 0.15) is 45.1 Å². The molecule has 0 amide bonds. The van der Waals surface area contributed by atoms with E-state index in [9.17, 15) is 0 Å². The first-order valence-electron chi connectivity index (χ1n) is 8.41. The van der Waals surface area contributed by atoms with Gasteiger partial charge >= 0.3 is 0 Å². The largest absolute Gasteiger partial charge is 0.301 e. The number of hydrogen-bond donors (Lipinski definition) is 0. The maximum atomic E-state index is 4.56. The number of rotatable bonds is 4. The van der Waals surface area contributed by atoms with E-state index in [1.165, 1.54) is 31.5 Å². The average molecular weight is 298 g/mol. The molecule has 0 aliphatic carbocycles. The Bertz CT molecular complexity index is 609. The third-order valence-corrected chi connectivity index (χ3v) is 4.79. The predicted octanol–water partition coefficient (Wildman–Crippen LogP) is 3.55. The second-order valence-electron chi connectivity index (χ2n) is 6.41. The first-order valence-corrected chi connectivity index (χ1v) is 8.41. The Labute approximate surface area is 133 Å². The number of aromatic nitrogens is 3. The summed E-state index contributed by atoms with van der Waals surface area (Å²) in [5.74, 6) is 0.662. The monoisotopic (exact) mass is 298 g/mol. The normalized spacial score (nSPS) is 17.3. The van der Waals surface area contributed by atoms with Gasteiger partial charge in [0.25, 0.3) is 0 Å². The quantitative estimate of drug-likeness (QED) is 0.865. The molecule has 1 aliphatic rings. The lowest BCUT2D eigenvalue weighted by atomic mass is 9.89. The SMILES string of the molecule is CCn1nccc1-c1cc(C2CCN(C(C)C)CC2)ccn1. The summed E-state index contributed by atoms with van der Waals surface area (Å²) in [5, 5.41) is 4.35. The van der Waals surface area contributed by atoms with Gasteiger partial charge in [0.2, 0.25) is 0 Å². The minimum Gasteiger partial charge on any atom is -0.301 e. The molecule has 1 saturated heterocycles. The van der Waals surface area contributed by atoms with Gasteiger partial charge in [0.15, 0.2) is 0 Å². The highest BCUT2D eigenvalue weighted by Gasteiger charge is 2.22. The summed E-state index contributed by atoms with van der Waals surface area (Å²) in [4.78, 5) is 7.13. The lowest BCUT2D eigenvalue weighted by molar-refractivity contribution is 0.172. The topological polar surface area (TPSA) is 34.0 Å². The van der Waals surface area contributed by atoms with Crippen LogP contribution in [0.4, 0.5) is 0 Å². The molecule has 0 bridgehead atoms. The second kappa shape index (κ2) is 6.61. The molecule has 3 heterocycles. The standard InChI is InChI=1S/C18H26N4/c1-4-22-18(6-10-20-22)17-13-16(5-9-19-17)15-7-11-21(12-8-15)14(2)3/h5-6,9-10,13-15H,4,7-8,11-12H2,1-3H3. The van der Waals surface area contributed by atoms with E-state index in [1.807, 2.05) is 17.1 Å². The van der Waals surface area contributed by atoms with E-state index in [0.29, 0.717) is 12.0 Å². The van der Waals surface area contributed by atoms with E-state index >= 15 is 0 Å². The van der Waals surface area contributed by atoms with E-state index in [4.69, 9.17) is 0 Å². The Morgan fingerprint density at radius 3 is 2.64 bits per heavy atom. The third-order valence-electron chi connectivity index (χ3n) is 4.79. The zero-order chi connectivity index (χ0) is 15.5. The van der Waals surface area contributed by atoms with Crippen molar-refractivity contribution in [1.82, 2.24) is 19.7 Å². The van der Waals surface area contributed by atoms with Crippen molar-refractivity contribution in [3.05, 3.63) is 36.2 Å². The number of nitrogens with zero attached hydrogens (tertiary/aromatic N) is 4. The Morgan fingerprint density at radius 1 is 1.18 bits per heavy atom. The molecule has 2 aromatic heterocycles. The van der Waals surface area contributed by atoms with Crippen molar-refractivity contribution in [2.24, 2.45) is 0 Å². The van der Waals surface area contributed by atoms with E-state index < -0.39 is 0 Å². The molecule has 0 aromatic carbocycles. The van der Waals surface area contributed by atoms with E-state index in [-0.39, 0.29) is 0 Å². The Morgan fingerprint density at radius 2 is 1.95 bits per heavy atom. The number of pyridine rings is 1. The smallest absolute Gasteiger partial charge is 0.0885 e. The Balaban J connectivity index is 1.78. The minimum atomic E-state index is 0.660. The molecule has 118 valence electrons. The molecule has 2 aromatic rings. The van der Waals surface area contributed by atoms with Crippen LogP contribution in [-0.2, 0) is 6.54 Å². The summed E-state index contributed by atoms with van der Waals surface area (Å²) in [5.41, 5.74) is 3.59. The molecule has 4 nitrogen and oxygen atoms in total. The molecule has 1 fully saturated rings. The lowest BCUT2D eigenvalue weighted by Gasteiger charge is -2.34. The molecule has 0 spiro atoms. The van der Waals surface area contributed by atoms with Gasteiger partial charge in [-0.2, -0.15) is 5.10 Å². The van der Waals surface area contributed by atoms with Crippen LogP contribution < -0.4 is 0 Å². The molecule has 4 heteroatoms. The molecular weight excluding hydrogens is 272 g/mol. The average Bonchev–Trinajstić information content (AvgIpc) is 3.04. The third kappa shape index (κ3) is 3.07. The van der Waals surface area contributed by atoms with Crippen molar-refractivity contribution < 1.29 is 0 Å². The van der Waals surface area contributed by atoms with Crippen LogP contribution >= 0.6 is 0 Å². The molecule has 0 N–H and O–H groups in total. The van der Waals surface area contributed by atoms with Crippen LogP contribution in [0.2, 0.25) is 0 Å². The number of aryl methyl sites for hydroxylation is 1. The van der Waals surface area contributed by atoms with Crippen LogP contribution in [0, 0.1) is 0 Å². The fourth-order valence-corrected chi connectivity index (χ4v) is 3.39. The Hall–Kier alpha value is -1.68. The highest BCUT2D eigenvalue weighted by molar-refractivity contribution is 5.55. The fraction of sp³-hybridized carbons (Fsp3) is 0.556. The number of hydrogen-bond acceptors (Lipinski definition) is 3. The Kier molecular flexibility index (Phi) is 4.57. The lowest BCUT2D eigenvalue weighted by Crippen LogP contribution is -2.37. The van der Waals surface area contributed by atoms with Crippen LogP contribution in [-0.4, -0.2) is 38.8 Å². The van der Waals surface area contributed by atoms with E-state index in [2.05, 4.69) is 54.0 Å². The summed E-state index contributed by atoms with van der Waals surface area (Å²) in [6.07, 6.45) is 6.30. The molecule has 0 atom stereocenters. The zero-order valence-electron chi connectivity index (χ0n) is 13.9. The van der Waals surface area contributed by atoms with Gasteiger partial charge in [-0.25, -0.2) is 0 Å². The molecule has 0 saturated carbocycles.